The van der Waals surface area contributed by atoms with Gasteiger partial charge in [-0.3, -0.25) is 14.4 Å². The van der Waals surface area contributed by atoms with Gasteiger partial charge in [0.25, 0.3) is 0 Å². The van der Waals surface area contributed by atoms with E-state index in [2.05, 4.69) is 0 Å². The molecule has 0 radical (unpaired) electrons. The van der Waals surface area contributed by atoms with Gasteiger partial charge in [0.2, 0.25) is 18.2 Å². The normalized spacial score (nSPS) is 16.0. The molecule has 6 nitrogen and oxygen atoms in total. The second-order valence-corrected chi connectivity index (χ2v) is 6.11. The zero-order chi connectivity index (χ0) is 15.3. The highest BCUT2D eigenvalue weighted by Crippen LogP contribution is 2.14. The predicted molar refractivity (Wildman–Crippen MR) is 76.0 cm³/mol. The number of carbonyl (C=O) groups excluding carboxylic acids is 3. The maximum absolute atomic E-state index is 12.1. The summed E-state index contributed by atoms with van der Waals surface area (Å²) in [6.45, 7) is 10.2. The smallest absolute Gasteiger partial charge is 0.224 e. The van der Waals surface area contributed by atoms with Gasteiger partial charge < -0.3 is 14.7 Å². The molecule has 0 bridgehead atoms. The van der Waals surface area contributed by atoms with Crippen LogP contribution in [-0.4, -0.2) is 71.2 Å². The van der Waals surface area contributed by atoms with Crippen LogP contribution in [0.5, 0.6) is 0 Å². The van der Waals surface area contributed by atoms with Crippen LogP contribution in [0.25, 0.3) is 0 Å². The average molecular weight is 283 g/mol. The Morgan fingerprint density at radius 2 is 1.70 bits per heavy atom. The van der Waals surface area contributed by atoms with E-state index in [0.717, 1.165) is 6.41 Å². The highest BCUT2D eigenvalue weighted by molar-refractivity contribution is 5.78. The summed E-state index contributed by atoms with van der Waals surface area (Å²) in [5.41, 5.74) is -0.275. The minimum absolute atomic E-state index is 0.0175. The summed E-state index contributed by atoms with van der Waals surface area (Å²) in [5.74, 6) is 0.0297. The van der Waals surface area contributed by atoms with Gasteiger partial charge in [0.05, 0.1) is 0 Å². The summed E-state index contributed by atoms with van der Waals surface area (Å²) >= 11 is 0. The fourth-order valence-electron chi connectivity index (χ4n) is 2.41. The van der Waals surface area contributed by atoms with Gasteiger partial charge in [0.15, 0.2) is 0 Å². The van der Waals surface area contributed by atoms with Crippen molar-refractivity contribution in [1.29, 1.82) is 0 Å². The third kappa shape index (κ3) is 4.51. The molecule has 3 amide bonds. The summed E-state index contributed by atoms with van der Waals surface area (Å²) in [4.78, 5) is 39.5. The first kappa shape index (κ1) is 16.5. The van der Waals surface area contributed by atoms with E-state index in [4.69, 9.17) is 0 Å². The molecule has 1 aliphatic rings. The van der Waals surface area contributed by atoms with Gasteiger partial charge >= 0.3 is 0 Å². The Kier molecular flexibility index (Phi) is 5.53. The lowest BCUT2D eigenvalue weighted by molar-refractivity contribution is -0.138. The number of amides is 3. The molecule has 1 saturated heterocycles. The Hall–Kier alpha value is -1.59. The van der Waals surface area contributed by atoms with E-state index >= 15 is 0 Å². The number of rotatable bonds is 4. The second kappa shape index (κ2) is 6.72. The first-order valence-electron chi connectivity index (χ1n) is 7.01. The lowest BCUT2D eigenvalue weighted by atomic mass is 10.1. The molecule has 0 aromatic rings. The molecule has 1 fully saturated rings. The van der Waals surface area contributed by atoms with Crippen molar-refractivity contribution in [3.8, 4) is 0 Å². The van der Waals surface area contributed by atoms with Gasteiger partial charge in [-0.1, -0.05) is 0 Å². The van der Waals surface area contributed by atoms with Gasteiger partial charge in [0, 0.05) is 51.6 Å². The monoisotopic (exact) mass is 283 g/mol. The van der Waals surface area contributed by atoms with E-state index in [9.17, 15) is 14.4 Å². The Balaban J connectivity index is 2.46. The summed E-state index contributed by atoms with van der Waals surface area (Å²) in [6, 6.07) is 0. The summed E-state index contributed by atoms with van der Waals surface area (Å²) < 4.78 is 0. The lowest BCUT2D eigenvalue weighted by Crippen LogP contribution is -2.50. The van der Waals surface area contributed by atoms with Crippen molar-refractivity contribution in [2.75, 3.05) is 32.7 Å². The first-order valence-corrected chi connectivity index (χ1v) is 7.01. The van der Waals surface area contributed by atoms with Crippen molar-refractivity contribution < 1.29 is 14.4 Å². The van der Waals surface area contributed by atoms with Crippen LogP contribution < -0.4 is 0 Å². The largest absolute Gasteiger partial charge is 0.342 e. The van der Waals surface area contributed by atoms with E-state index < -0.39 is 0 Å². The number of piperazine rings is 1. The second-order valence-electron chi connectivity index (χ2n) is 6.11. The van der Waals surface area contributed by atoms with Crippen LogP contribution in [-0.2, 0) is 14.4 Å². The van der Waals surface area contributed by atoms with Crippen molar-refractivity contribution >= 4 is 18.2 Å². The maximum Gasteiger partial charge on any atom is 0.224 e. The molecule has 0 spiro atoms. The Bertz CT molecular complexity index is 368. The molecule has 0 atom stereocenters. The van der Waals surface area contributed by atoms with Crippen LogP contribution in [0.3, 0.4) is 0 Å². The highest BCUT2D eigenvalue weighted by atomic mass is 16.2. The predicted octanol–water partition coefficient (Wildman–Crippen LogP) is 0.324. The highest BCUT2D eigenvalue weighted by Gasteiger charge is 2.26. The molecule has 1 heterocycles. The first-order chi connectivity index (χ1) is 9.25. The van der Waals surface area contributed by atoms with Crippen LogP contribution in [0.4, 0.5) is 0 Å². The fraction of sp³-hybridized carbons (Fsp3) is 0.786. The molecule has 0 aliphatic carbocycles. The third-order valence-corrected chi connectivity index (χ3v) is 3.56. The molecule has 20 heavy (non-hydrogen) atoms. The molecule has 0 aromatic heterocycles. The van der Waals surface area contributed by atoms with Crippen molar-refractivity contribution in [2.24, 2.45) is 0 Å². The Morgan fingerprint density at radius 3 is 2.10 bits per heavy atom. The molecular formula is C14H25N3O3. The maximum atomic E-state index is 12.1. The molecule has 0 N–H and O–H groups in total. The zero-order valence-corrected chi connectivity index (χ0v) is 12.9. The molecule has 0 saturated carbocycles. The van der Waals surface area contributed by atoms with Gasteiger partial charge in [-0.2, -0.15) is 0 Å². The molecule has 0 unspecified atom stereocenters. The standard InChI is InChI=1S/C14H25N3O3/c1-12(19)17(14(2,3)4)6-5-13(20)16-9-7-15(11-18)8-10-16/h11H,5-10H2,1-4H3. The van der Waals surface area contributed by atoms with E-state index in [0.29, 0.717) is 39.1 Å². The fourth-order valence-corrected chi connectivity index (χ4v) is 2.41. The average Bonchev–Trinajstić information content (AvgIpc) is 2.36. The van der Waals surface area contributed by atoms with Crippen LogP contribution in [0.1, 0.15) is 34.1 Å². The van der Waals surface area contributed by atoms with Gasteiger partial charge in [0.1, 0.15) is 0 Å². The topological polar surface area (TPSA) is 60.9 Å². The van der Waals surface area contributed by atoms with Crippen molar-refractivity contribution in [1.82, 2.24) is 14.7 Å². The van der Waals surface area contributed by atoms with Crippen molar-refractivity contribution in [3.05, 3.63) is 0 Å². The molecule has 0 aromatic carbocycles. The number of hydrogen-bond donors (Lipinski definition) is 0. The third-order valence-electron chi connectivity index (χ3n) is 3.56. The number of carbonyl (C=O) groups is 3. The minimum Gasteiger partial charge on any atom is -0.342 e. The number of nitrogens with zero attached hydrogens (tertiary/aromatic N) is 3. The zero-order valence-electron chi connectivity index (χ0n) is 12.9. The van der Waals surface area contributed by atoms with Gasteiger partial charge in [-0.05, 0) is 20.8 Å². The molecular weight excluding hydrogens is 258 g/mol. The van der Waals surface area contributed by atoms with Crippen LogP contribution in [0, 0.1) is 0 Å². The molecule has 1 aliphatic heterocycles. The van der Waals surface area contributed by atoms with Crippen molar-refractivity contribution in [2.45, 2.75) is 39.7 Å². The van der Waals surface area contributed by atoms with Crippen LogP contribution >= 0.6 is 0 Å². The molecule has 114 valence electrons. The molecule has 1 rings (SSSR count). The van der Waals surface area contributed by atoms with Crippen molar-refractivity contribution in [3.63, 3.8) is 0 Å². The Labute approximate surface area is 120 Å². The minimum atomic E-state index is -0.275. The van der Waals surface area contributed by atoms with E-state index in [1.807, 2.05) is 20.8 Å². The van der Waals surface area contributed by atoms with Gasteiger partial charge in [-0.25, -0.2) is 0 Å². The number of hydrogen-bond acceptors (Lipinski definition) is 3. The van der Waals surface area contributed by atoms with Gasteiger partial charge in [-0.15, -0.1) is 0 Å². The van der Waals surface area contributed by atoms with Crippen LogP contribution in [0.15, 0.2) is 0 Å². The van der Waals surface area contributed by atoms with Crippen LogP contribution in [0.2, 0.25) is 0 Å². The lowest BCUT2D eigenvalue weighted by Gasteiger charge is -2.36. The summed E-state index contributed by atoms with van der Waals surface area (Å²) in [7, 11) is 0. The summed E-state index contributed by atoms with van der Waals surface area (Å²) in [6.07, 6.45) is 1.15. The van der Waals surface area contributed by atoms with E-state index in [1.54, 1.807) is 14.7 Å². The SMILES string of the molecule is CC(=O)N(CCC(=O)N1CCN(C=O)CC1)C(C)(C)C. The Morgan fingerprint density at radius 1 is 1.15 bits per heavy atom. The summed E-state index contributed by atoms with van der Waals surface area (Å²) in [5, 5.41) is 0. The quantitative estimate of drug-likeness (QED) is 0.698. The van der Waals surface area contributed by atoms with E-state index in [1.165, 1.54) is 6.92 Å². The molecule has 6 heteroatoms. The van der Waals surface area contributed by atoms with E-state index in [-0.39, 0.29) is 17.4 Å².